The Kier molecular flexibility index (Phi) is 5.40. The number of hydrogen-bond acceptors (Lipinski definition) is 6. The summed E-state index contributed by atoms with van der Waals surface area (Å²) in [6.45, 7) is 0. The van der Waals surface area contributed by atoms with E-state index in [4.69, 9.17) is 4.74 Å². The summed E-state index contributed by atoms with van der Waals surface area (Å²) in [7, 11) is 0. The zero-order valence-electron chi connectivity index (χ0n) is 14.2. The molecule has 0 unspecified atom stereocenters. The fourth-order valence-electron chi connectivity index (χ4n) is 2.40. The fourth-order valence-corrected chi connectivity index (χ4v) is 3.41. The molecule has 138 valence electrons. The quantitative estimate of drug-likeness (QED) is 0.546. The molecule has 1 N–H and O–H groups in total. The van der Waals surface area contributed by atoms with Gasteiger partial charge in [-0.1, -0.05) is 27.7 Å². The molecule has 0 saturated heterocycles. The standard InChI is InChI=1S/C18H16BrN5O2S/c19-12-1-7-15(8-2-12)26-16-9-3-13(4-10-16)20-17(25)11-27-18-21-22-23-24(18)14-5-6-14/h1-4,7-10,14H,5-6,11H2,(H,20,25). The molecule has 0 spiro atoms. The largest absolute Gasteiger partial charge is 0.457 e. The Morgan fingerprint density at radius 3 is 2.48 bits per heavy atom. The van der Waals surface area contributed by atoms with E-state index >= 15 is 0 Å². The molecular weight excluding hydrogens is 430 g/mol. The van der Waals surface area contributed by atoms with Crippen molar-refractivity contribution in [3.8, 4) is 11.5 Å². The summed E-state index contributed by atoms with van der Waals surface area (Å²) in [5, 5.41) is 15.2. The Bertz CT molecular complexity index is 926. The lowest BCUT2D eigenvalue weighted by molar-refractivity contribution is -0.113. The van der Waals surface area contributed by atoms with E-state index in [0.717, 1.165) is 23.1 Å². The van der Waals surface area contributed by atoms with Gasteiger partial charge in [0.1, 0.15) is 11.5 Å². The summed E-state index contributed by atoms with van der Waals surface area (Å²) < 4.78 is 8.56. The summed E-state index contributed by atoms with van der Waals surface area (Å²) in [5.74, 6) is 1.60. The Labute approximate surface area is 168 Å². The van der Waals surface area contributed by atoms with Crippen molar-refractivity contribution in [2.75, 3.05) is 11.1 Å². The molecule has 0 bridgehead atoms. The Morgan fingerprint density at radius 2 is 1.81 bits per heavy atom. The van der Waals surface area contributed by atoms with Crippen molar-refractivity contribution < 1.29 is 9.53 Å². The molecular formula is C18H16BrN5O2S. The van der Waals surface area contributed by atoms with Crippen LogP contribution in [0.4, 0.5) is 5.69 Å². The number of carbonyl (C=O) groups is 1. The molecule has 9 heteroatoms. The monoisotopic (exact) mass is 445 g/mol. The van der Waals surface area contributed by atoms with Crippen molar-refractivity contribution in [3.63, 3.8) is 0 Å². The van der Waals surface area contributed by atoms with Gasteiger partial charge in [0.05, 0.1) is 11.8 Å². The number of thioether (sulfide) groups is 1. The summed E-state index contributed by atoms with van der Waals surface area (Å²) in [6, 6.07) is 15.2. The first-order valence-electron chi connectivity index (χ1n) is 8.41. The summed E-state index contributed by atoms with van der Waals surface area (Å²) in [5.41, 5.74) is 0.713. The Balaban J connectivity index is 1.29. The first-order valence-corrected chi connectivity index (χ1v) is 10.2. The molecule has 2 aromatic carbocycles. The van der Waals surface area contributed by atoms with Crippen LogP contribution >= 0.6 is 27.7 Å². The second-order valence-electron chi connectivity index (χ2n) is 6.05. The van der Waals surface area contributed by atoms with Crippen LogP contribution < -0.4 is 10.1 Å². The van der Waals surface area contributed by atoms with Gasteiger partial charge >= 0.3 is 0 Å². The number of carbonyl (C=O) groups excluding carboxylic acids is 1. The molecule has 7 nitrogen and oxygen atoms in total. The maximum Gasteiger partial charge on any atom is 0.234 e. The zero-order chi connectivity index (χ0) is 18.6. The van der Waals surface area contributed by atoms with Crippen LogP contribution in [0.15, 0.2) is 58.2 Å². The minimum absolute atomic E-state index is 0.105. The average molecular weight is 446 g/mol. The number of amides is 1. The van der Waals surface area contributed by atoms with E-state index in [1.165, 1.54) is 11.8 Å². The molecule has 1 aromatic heterocycles. The van der Waals surface area contributed by atoms with Crippen molar-refractivity contribution in [3.05, 3.63) is 53.0 Å². The van der Waals surface area contributed by atoms with E-state index in [1.54, 1.807) is 4.68 Å². The summed E-state index contributed by atoms with van der Waals surface area (Å²) in [4.78, 5) is 12.2. The van der Waals surface area contributed by atoms with Gasteiger partial charge in [0.2, 0.25) is 11.1 Å². The molecule has 0 radical (unpaired) electrons. The second kappa shape index (κ2) is 8.10. The number of hydrogen-bond donors (Lipinski definition) is 1. The van der Waals surface area contributed by atoms with Crippen molar-refractivity contribution in [2.24, 2.45) is 0 Å². The minimum Gasteiger partial charge on any atom is -0.457 e. The van der Waals surface area contributed by atoms with Gasteiger partial charge in [-0.25, -0.2) is 4.68 Å². The molecule has 1 aliphatic carbocycles. The van der Waals surface area contributed by atoms with Crippen LogP contribution in [0.1, 0.15) is 18.9 Å². The smallest absolute Gasteiger partial charge is 0.234 e. The van der Waals surface area contributed by atoms with Crippen LogP contribution in [0.5, 0.6) is 11.5 Å². The van der Waals surface area contributed by atoms with Crippen LogP contribution in [-0.2, 0) is 4.79 Å². The Morgan fingerprint density at radius 1 is 1.15 bits per heavy atom. The van der Waals surface area contributed by atoms with E-state index in [0.29, 0.717) is 22.6 Å². The van der Waals surface area contributed by atoms with E-state index in [2.05, 4.69) is 36.8 Å². The number of aromatic nitrogens is 4. The van der Waals surface area contributed by atoms with E-state index in [9.17, 15) is 4.79 Å². The van der Waals surface area contributed by atoms with Gasteiger partial charge < -0.3 is 10.1 Å². The number of ether oxygens (including phenoxy) is 1. The SMILES string of the molecule is O=C(CSc1nnnn1C1CC1)Nc1ccc(Oc2ccc(Br)cc2)cc1. The first kappa shape index (κ1) is 18.0. The molecule has 1 amide bonds. The highest BCUT2D eigenvalue weighted by Gasteiger charge is 2.28. The van der Waals surface area contributed by atoms with Gasteiger partial charge in [-0.05, 0) is 71.8 Å². The average Bonchev–Trinajstić information content (AvgIpc) is 3.41. The highest BCUT2D eigenvalue weighted by molar-refractivity contribution is 9.10. The van der Waals surface area contributed by atoms with Crippen LogP contribution in [0.2, 0.25) is 0 Å². The molecule has 0 aliphatic heterocycles. The predicted octanol–water partition coefficient (Wildman–Crippen LogP) is 4.29. The number of anilines is 1. The lowest BCUT2D eigenvalue weighted by atomic mass is 10.3. The van der Waals surface area contributed by atoms with E-state index < -0.39 is 0 Å². The number of nitrogens with zero attached hydrogens (tertiary/aromatic N) is 4. The van der Waals surface area contributed by atoms with Crippen molar-refractivity contribution >= 4 is 39.3 Å². The molecule has 1 fully saturated rings. The van der Waals surface area contributed by atoms with Crippen molar-refractivity contribution in [1.82, 2.24) is 20.2 Å². The van der Waals surface area contributed by atoms with Gasteiger partial charge in [-0.3, -0.25) is 4.79 Å². The summed E-state index contributed by atoms with van der Waals surface area (Å²) >= 11 is 4.73. The predicted molar refractivity (Wildman–Crippen MR) is 106 cm³/mol. The number of rotatable bonds is 7. The molecule has 1 heterocycles. The maximum absolute atomic E-state index is 12.2. The van der Waals surface area contributed by atoms with Gasteiger partial charge in [-0.2, -0.15) is 0 Å². The molecule has 1 aliphatic rings. The van der Waals surface area contributed by atoms with Crippen LogP contribution in [-0.4, -0.2) is 31.9 Å². The van der Waals surface area contributed by atoms with Gasteiger partial charge in [-0.15, -0.1) is 5.10 Å². The topological polar surface area (TPSA) is 81.9 Å². The first-order chi connectivity index (χ1) is 13.2. The molecule has 27 heavy (non-hydrogen) atoms. The molecule has 1 saturated carbocycles. The van der Waals surface area contributed by atoms with Gasteiger partial charge in [0.15, 0.2) is 0 Å². The number of nitrogens with one attached hydrogen (secondary N) is 1. The maximum atomic E-state index is 12.2. The highest BCUT2D eigenvalue weighted by atomic mass is 79.9. The third-order valence-electron chi connectivity index (χ3n) is 3.88. The van der Waals surface area contributed by atoms with Gasteiger partial charge in [0, 0.05) is 10.2 Å². The van der Waals surface area contributed by atoms with Crippen LogP contribution in [0.3, 0.4) is 0 Å². The highest BCUT2D eigenvalue weighted by Crippen LogP contribution is 2.36. The normalized spacial score (nSPS) is 13.4. The third kappa shape index (κ3) is 4.86. The number of benzene rings is 2. The Hall–Kier alpha value is -2.39. The second-order valence-corrected chi connectivity index (χ2v) is 7.91. The van der Waals surface area contributed by atoms with Crippen molar-refractivity contribution in [2.45, 2.75) is 24.0 Å². The molecule has 3 aromatic rings. The number of tetrazole rings is 1. The minimum atomic E-state index is -0.105. The van der Waals surface area contributed by atoms with E-state index in [1.807, 2.05) is 48.5 Å². The molecule has 0 atom stereocenters. The van der Waals surface area contributed by atoms with Crippen LogP contribution in [0, 0.1) is 0 Å². The zero-order valence-corrected chi connectivity index (χ0v) is 16.6. The van der Waals surface area contributed by atoms with E-state index in [-0.39, 0.29) is 11.7 Å². The summed E-state index contributed by atoms with van der Waals surface area (Å²) in [6.07, 6.45) is 2.19. The third-order valence-corrected chi connectivity index (χ3v) is 5.34. The fraction of sp³-hybridized carbons (Fsp3) is 0.222. The lowest BCUT2D eigenvalue weighted by Crippen LogP contribution is -2.14. The lowest BCUT2D eigenvalue weighted by Gasteiger charge is -2.08. The molecule has 4 rings (SSSR count). The van der Waals surface area contributed by atoms with Crippen molar-refractivity contribution in [1.29, 1.82) is 0 Å². The number of halogens is 1. The van der Waals surface area contributed by atoms with Gasteiger partial charge in [0.25, 0.3) is 0 Å². The van der Waals surface area contributed by atoms with Crippen LogP contribution in [0.25, 0.3) is 0 Å².